The summed E-state index contributed by atoms with van der Waals surface area (Å²) >= 11 is 0. The lowest BCUT2D eigenvalue weighted by molar-refractivity contribution is 0.0961. The van der Waals surface area contributed by atoms with Gasteiger partial charge in [0.2, 0.25) is 0 Å². The fourth-order valence-corrected chi connectivity index (χ4v) is 1.69. The summed E-state index contributed by atoms with van der Waals surface area (Å²) in [5, 5.41) is 0. The summed E-state index contributed by atoms with van der Waals surface area (Å²) in [6.45, 7) is 1.96. The van der Waals surface area contributed by atoms with Crippen LogP contribution in [0.5, 0.6) is 5.75 Å². The third-order valence-corrected chi connectivity index (χ3v) is 2.83. The van der Waals surface area contributed by atoms with Gasteiger partial charge in [0.05, 0.1) is 6.61 Å². The Morgan fingerprint density at radius 3 is 2.58 bits per heavy atom. The van der Waals surface area contributed by atoms with Crippen LogP contribution in [0.1, 0.15) is 22.3 Å². The molecule has 0 radical (unpaired) electrons. The molecule has 0 amide bonds. The molecule has 2 rings (SSSR count). The van der Waals surface area contributed by atoms with Crippen LogP contribution in [0.15, 0.2) is 48.5 Å². The van der Waals surface area contributed by atoms with Crippen molar-refractivity contribution < 1.29 is 13.9 Å². The molecule has 19 heavy (non-hydrogen) atoms. The predicted octanol–water partition coefficient (Wildman–Crippen LogP) is 3.79. The molecule has 0 aliphatic carbocycles. The van der Waals surface area contributed by atoms with Gasteiger partial charge >= 0.3 is 0 Å². The molecule has 2 aromatic carbocycles. The van der Waals surface area contributed by atoms with Crippen molar-refractivity contribution in [3.05, 3.63) is 65.5 Å². The van der Waals surface area contributed by atoms with E-state index in [0.29, 0.717) is 17.7 Å². The number of carbonyl (C=O) groups excluding carboxylic acids is 1. The number of ether oxygens (including phenoxy) is 1. The average Bonchev–Trinajstić information content (AvgIpc) is 2.43. The van der Waals surface area contributed by atoms with E-state index < -0.39 is 0 Å². The number of benzene rings is 2. The van der Waals surface area contributed by atoms with Crippen LogP contribution in [-0.4, -0.2) is 12.4 Å². The number of ketones is 1. The zero-order valence-electron chi connectivity index (χ0n) is 10.7. The minimum atomic E-state index is -0.352. The fourth-order valence-electron chi connectivity index (χ4n) is 1.69. The van der Waals surface area contributed by atoms with E-state index in [-0.39, 0.29) is 18.0 Å². The van der Waals surface area contributed by atoms with Gasteiger partial charge < -0.3 is 4.74 Å². The number of hydrogen-bond acceptors (Lipinski definition) is 2. The van der Waals surface area contributed by atoms with Crippen LogP contribution in [0.2, 0.25) is 0 Å². The Labute approximate surface area is 111 Å². The molecule has 0 heterocycles. The lowest BCUT2D eigenvalue weighted by atomic mass is 10.1. The quantitative estimate of drug-likeness (QED) is 0.763. The highest BCUT2D eigenvalue weighted by atomic mass is 19.1. The zero-order chi connectivity index (χ0) is 13.7. The van der Waals surface area contributed by atoms with E-state index in [1.54, 1.807) is 19.1 Å². The van der Waals surface area contributed by atoms with Crippen LogP contribution in [-0.2, 0) is 0 Å². The molecule has 0 unspecified atom stereocenters. The summed E-state index contributed by atoms with van der Waals surface area (Å²) in [4.78, 5) is 11.9. The van der Waals surface area contributed by atoms with Crippen LogP contribution in [0.4, 0.5) is 4.39 Å². The molecule has 2 nitrogen and oxygen atoms in total. The molecule has 3 heteroatoms. The van der Waals surface area contributed by atoms with Crippen molar-refractivity contribution in [2.75, 3.05) is 6.61 Å². The highest BCUT2D eigenvalue weighted by Crippen LogP contribution is 2.12. The Bertz CT molecular complexity index is 564. The van der Waals surface area contributed by atoms with Gasteiger partial charge in [0.25, 0.3) is 0 Å². The zero-order valence-corrected chi connectivity index (χ0v) is 10.7. The van der Waals surface area contributed by atoms with Gasteiger partial charge in [0.15, 0.2) is 5.78 Å². The van der Waals surface area contributed by atoms with Crippen LogP contribution in [0.3, 0.4) is 0 Å². The standard InChI is InChI=1S/C16H15FO2/c1-12-7-8-13(11-15(12)17)16(18)9-10-19-14-5-3-2-4-6-14/h2-8,11H,9-10H2,1H3. The second-order valence-electron chi connectivity index (χ2n) is 4.30. The number of para-hydroxylation sites is 1. The van der Waals surface area contributed by atoms with E-state index in [4.69, 9.17) is 4.74 Å². The summed E-state index contributed by atoms with van der Waals surface area (Å²) in [5.41, 5.74) is 0.928. The highest BCUT2D eigenvalue weighted by molar-refractivity contribution is 5.96. The second kappa shape index (κ2) is 6.14. The summed E-state index contributed by atoms with van der Waals surface area (Å²) in [5.74, 6) is 0.259. The fraction of sp³-hybridized carbons (Fsp3) is 0.188. The molecule has 98 valence electrons. The van der Waals surface area contributed by atoms with E-state index in [9.17, 15) is 9.18 Å². The number of Topliss-reactive ketones (excluding diaryl/α,β-unsaturated/α-hetero) is 1. The maximum atomic E-state index is 13.3. The largest absolute Gasteiger partial charge is 0.493 e. The molecule has 0 bridgehead atoms. The van der Waals surface area contributed by atoms with E-state index in [2.05, 4.69) is 0 Å². The van der Waals surface area contributed by atoms with Crippen molar-refractivity contribution in [3.8, 4) is 5.75 Å². The Balaban J connectivity index is 1.89. The monoisotopic (exact) mass is 258 g/mol. The van der Waals surface area contributed by atoms with Gasteiger partial charge in [-0.15, -0.1) is 0 Å². The second-order valence-corrected chi connectivity index (χ2v) is 4.30. The number of hydrogen-bond donors (Lipinski definition) is 0. The van der Waals surface area contributed by atoms with E-state index >= 15 is 0 Å². The molecule has 0 spiro atoms. The third-order valence-electron chi connectivity index (χ3n) is 2.83. The Kier molecular flexibility index (Phi) is 4.29. The molecule has 0 fully saturated rings. The molecule has 0 N–H and O–H groups in total. The molecule has 2 aromatic rings. The van der Waals surface area contributed by atoms with E-state index in [1.807, 2.05) is 30.3 Å². The number of carbonyl (C=O) groups is 1. The van der Waals surface area contributed by atoms with Gasteiger partial charge in [-0.2, -0.15) is 0 Å². The van der Waals surface area contributed by atoms with Gasteiger partial charge in [0, 0.05) is 12.0 Å². The third kappa shape index (κ3) is 3.65. The average molecular weight is 258 g/mol. The summed E-state index contributed by atoms with van der Waals surface area (Å²) in [6, 6.07) is 13.8. The number of rotatable bonds is 5. The number of aryl methyl sites for hydroxylation is 1. The lowest BCUT2D eigenvalue weighted by Crippen LogP contribution is -2.07. The maximum absolute atomic E-state index is 13.3. The lowest BCUT2D eigenvalue weighted by Gasteiger charge is -2.06. The van der Waals surface area contributed by atoms with Crippen LogP contribution >= 0.6 is 0 Å². The van der Waals surface area contributed by atoms with Crippen molar-refractivity contribution in [1.82, 2.24) is 0 Å². The van der Waals surface area contributed by atoms with Crippen molar-refractivity contribution in [1.29, 1.82) is 0 Å². The molecule has 0 aliphatic heterocycles. The topological polar surface area (TPSA) is 26.3 Å². The van der Waals surface area contributed by atoms with Gasteiger partial charge in [0.1, 0.15) is 11.6 Å². The van der Waals surface area contributed by atoms with Crippen LogP contribution in [0, 0.1) is 12.7 Å². The molecule has 0 saturated carbocycles. The normalized spacial score (nSPS) is 10.2. The minimum absolute atomic E-state index is 0.116. The smallest absolute Gasteiger partial charge is 0.166 e. The molecule has 0 aromatic heterocycles. The van der Waals surface area contributed by atoms with Gasteiger partial charge in [-0.3, -0.25) is 4.79 Å². The summed E-state index contributed by atoms with van der Waals surface area (Å²) < 4.78 is 18.8. The first kappa shape index (κ1) is 13.3. The molecule has 0 atom stereocenters. The molecular weight excluding hydrogens is 243 g/mol. The van der Waals surface area contributed by atoms with Gasteiger partial charge in [-0.1, -0.05) is 30.3 Å². The van der Waals surface area contributed by atoms with Gasteiger partial charge in [-0.25, -0.2) is 4.39 Å². The van der Waals surface area contributed by atoms with Crippen molar-refractivity contribution in [2.24, 2.45) is 0 Å². The van der Waals surface area contributed by atoms with E-state index in [0.717, 1.165) is 5.75 Å². The Hall–Kier alpha value is -2.16. The Morgan fingerprint density at radius 1 is 1.16 bits per heavy atom. The molecular formula is C16H15FO2. The minimum Gasteiger partial charge on any atom is -0.493 e. The Morgan fingerprint density at radius 2 is 1.89 bits per heavy atom. The van der Waals surface area contributed by atoms with Gasteiger partial charge in [-0.05, 0) is 30.7 Å². The summed E-state index contributed by atoms with van der Waals surface area (Å²) in [7, 11) is 0. The van der Waals surface area contributed by atoms with Crippen molar-refractivity contribution >= 4 is 5.78 Å². The van der Waals surface area contributed by atoms with Crippen molar-refractivity contribution in [3.63, 3.8) is 0 Å². The molecule has 0 aliphatic rings. The first-order chi connectivity index (χ1) is 9.16. The van der Waals surface area contributed by atoms with Crippen LogP contribution < -0.4 is 4.74 Å². The first-order valence-corrected chi connectivity index (χ1v) is 6.14. The highest BCUT2D eigenvalue weighted by Gasteiger charge is 2.08. The SMILES string of the molecule is Cc1ccc(C(=O)CCOc2ccccc2)cc1F. The van der Waals surface area contributed by atoms with E-state index in [1.165, 1.54) is 6.07 Å². The first-order valence-electron chi connectivity index (χ1n) is 6.14. The molecule has 0 saturated heterocycles. The predicted molar refractivity (Wildman–Crippen MR) is 72.0 cm³/mol. The van der Waals surface area contributed by atoms with Crippen molar-refractivity contribution in [2.45, 2.75) is 13.3 Å². The van der Waals surface area contributed by atoms with Crippen LogP contribution in [0.25, 0.3) is 0 Å². The summed E-state index contributed by atoms with van der Waals surface area (Å²) in [6.07, 6.45) is 0.234. The number of halogens is 1. The maximum Gasteiger partial charge on any atom is 0.166 e.